The van der Waals surface area contributed by atoms with Gasteiger partial charge in [0.25, 0.3) is 0 Å². The number of hydrogen-bond donors (Lipinski definition) is 1. The van der Waals surface area contributed by atoms with Crippen LogP contribution < -0.4 is 5.32 Å². The standard InChI is InChI=1S/C18H18ClNS/c1-11-9-16(19)12(2)8-14(11)18(20-3)15-10-21-17-7-5-4-6-13(15)17/h4-10,18,20H,1-3H3. The molecule has 1 heterocycles. The predicted octanol–water partition coefficient (Wildman–Crippen LogP) is 5.48. The summed E-state index contributed by atoms with van der Waals surface area (Å²) >= 11 is 8.03. The van der Waals surface area contributed by atoms with Crippen molar-refractivity contribution < 1.29 is 0 Å². The molecule has 0 saturated heterocycles. The largest absolute Gasteiger partial charge is 0.309 e. The number of hydrogen-bond acceptors (Lipinski definition) is 2. The van der Waals surface area contributed by atoms with Crippen LogP contribution in [0.1, 0.15) is 28.3 Å². The molecule has 0 amide bonds. The fraction of sp³-hybridized carbons (Fsp3) is 0.222. The maximum absolute atomic E-state index is 6.24. The monoisotopic (exact) mass is 315 g/mol. The van der Waals surface area contributed by atoms with E-state index in [9.17, 15) is 0 Å². The summed E-state index contributed by atoms with van der Waals surface area (Å²) in [5.41, 5.74) is 4.98. The summed E-state index contributed by atoms with van der Waals surface area (Å²) in [4.78, 5) is 0. The molecular formula is C18H18ClNS. The van der Waals surface area contributed by atoms with E-state index in [2.05, 4.69) is 60.9 Å². The lowest BCUT2D eigenvalue weighted by Crippen LogP contribution is -2.18. The predicted molar refractivity (Wildman–Crippen MR) is 93.7 cm³/mol. The SMILES string of the molecule is CNC(c1cc(C)c(Cl)cc1C)c1csc2ccccc12. The second kappa shape index (κ2) is 5.80. The van der Waals surface area contributed by atoms with Crippen LogP contribution in [0.25, 0.3) is 10.1 Å². The summed E-state index contributed by atoms with van der Waals surface area (Å²) in [5, 5.41) is 7.89. The molecule has 1 N–H and O–H groups in total. The lowest BCUT2D eigenvalue weighted by atomic mass is 9.93. The maximum Gasteiger partial charge on any atom is 0.0591 e. The zero-order valence-electron chi connectivity index (χ0n) is 12.4. The molecule has 2 aromatic carbocycles. The van der Waals surface area contributed by atoms with Crippen LogP contribution in [0, 0.1) is 13.8 Å². The summed E-state index contributed by atoms with van der Waals surface area (Å²) < 4.78 is 1.33. The van der Waals surface area contributed by atoms with Crippen LogP contribution in [0.5, 0.6) is 0 Å². The highest BCUT2D eigenvalue weighted by atomic mass is 35.5. The van der Waals surface area contributed by atoms with Crippen LogP contribution in [0.3, 0.4) is 0 Å². The van der Waals surface area contributed by atoms with E-state index in [-0.39, 0.29) is 6.04 Å². The minimum absolute atomic E-state index is 0.192. The van der Waals surface area contributed by atoms with E-state index in [1.165, 1.54) is 26.8 Å². The van der Waals surface area contributed by atoms with Crippen LogP contribution >= 0.6 is 22.9 Å². The molecule has 3 rings (SSSR count). The smallest absolute Gasteiger partial charge is 0.0591 e. The van der Waals surface area contributed by atoms with Crippen LogP contribution in [-0.2, 0) is 0 Å². The van der Waals surface area contributed by atoms with Crippen molar-refractivity contribution in [2.45, 2.75) is 19.9 Å². The molecule has 1 nitrogen and oxygen atoms in total. The van der Waals surface area contributed by atoms with E-state index in [4.69, 9.17) is 11.6 Å². The third kappa shape index (κ3) is 2.59. The fourth-order valence-corrected chi connectivity index (χ4v) is 4.02. The fourth-order valence-electron chi connectivity index (χ4n) is 2.81. The van der Waals surface area contributed by atoms with E-state index in [1.54, 1.807) is 11.3 Å². The molecule has 1 atom stereocenters. The van der Waals surface area contributed by atoms with Crippen molar-refractivity contribution in [3.63, 3.8) is 0 Å². The molecule has 1 aromatic heterocycles. The molecule has 21 heavy (non-hydrogen) atoms. The average Bonchev–Trinajstić information content (AvgIpc) is 2.89. The van der Waals surface area contributed by atoms with Gasteiger partial charge in [-0.25, -0.2) is 0 Å². The summed E-state index contributed by atoms with van der Waals surface area (Å²) in [6.07, 6.45) is 0. The van der Waals surface area contributed by atoms with Crippen LogP contribution in [0.4, 0.5) is 0 Å². The average molecular weight is 316 g/mol. The first-order valence-electron chi connectivity index (χ1n) is 7.02. The number of nitrogens with one attached hydrogen (secondary N) is 1. The van der Waals surface area contributed by atoms with Gasteiger partial charge in [-0.2, -0.15) is 0 Å². The second-order valence-corrected chi connectivity index (χ2v) is 6.69. The zero-order chi connectivity index (χ0) is 15.0. The highest BCUT2D eigenvalue weighted by molar-refractivity contribution is 7.17. The van der Waals surface area contributed by atoms with Crippen molar-refractivity contribution in [1.82, 2.24) is 5.32 Å². The van der Waals surface area contributed by atoms with E-state index in [1.807, 2.05) is 7.05 Å². The molecule has 0 radical (unpaired) electrons. The molecule has 0 aliphatic heterocycles. The van der Waals surface area contributed by atoms with Crippen molar-refractivity contribution >= 4 is 33.0 Å². The van der Waals surface area contributed by atoms with E-state index >= 15 is 0 Å². The van der Waals surface area contributed by atoms with Gasteiger partial charge < -0.3 is 5.32 Å². The topological polar surface area (TPSA) is 12.0 Å². The first-order chi connectivity index (χ1) is 10.1. The van der Waals surface area contributed by atoms with Crippen molar-refractivity contribution in [2.24, 2.45) is 0 Å². The summed E-state index contributed by atoms with van der Waals surface area (Å²) in [6, 6.07) is 13.0. The summed E-state index contributed by atoms with van der Waals surface area (Å²) in [5.74, 6) is 0. The second-order valence-electron chi connectivity index (χ2n) is 5.37. The Morgan fingerprint density at radius 1 is 1.05 bits per heavy atom. The van der Waals surface area contributed by atoms with E-state index in [0.717, 1.165) is 10.6 Å². The number of rotatable bonds is 3. The molecule has 3 heteroatoms. The van der Waals surface area contributed by atoms with Crippen LogP contribution in [0.2, 0.25) is 5.02 Å². The van der Waals surface area contributed by atoms with Crippen LogP contribution in [-0.4, -0.2) is 7.05 Å². The minimum atomic E-state index is 0.192. The van der Waals surface area contributed by atoms with Gasteiger partial charge in [-0.1, -0.05) is 35.9 Å². The Hall–Kier alpha value is -1.35. The molecule has 0 spiro atoms. The number of aryl methyl sites for hydroxylation is 2. The molecule has 108 valence electrons. The zero-order valence-corrected chi connectivity index (χ0v) is 14.0. The first kappa shape index (κ1) is 14.6. The van der Waals surface area contributed by atoms with Crippen molar-refractivity contribution in [1.29, 1.82) is 0 Å². The number of fused-ring (bicyclic) bond motifs is 1. The Bertz CT molecular complexity index is 791. The van der Waals surface area contributed by atoms with Gasteiger partial charge in [0.1, 0.15) is 0 Å². The maximum atomic E-state index is 6.24. The Morgan fingerprint density at radius 3 is 2.57 bits per heavy atom. The lowest BCUT2D eigenvalue weighted by Gasteiger charge is -2.20. The molecule has 3 aromatic rings. The van der Waals surface area contributed by atoms with Gasteiger partial charge in [0.2, 0.25) is 0 Å². The molecule has 1 unspecified atom stereocenters. The third-order valence-electron chi connectivity index (χ3n) is 3.97. The normalized spacial score (nSPS) is 12.8. The van der Waals surface area contributed by atoms with Gasteiger partial charge in [0.15, 0.2) is 0 Å². The molecule has 0 aliphatic rings. The van der Waals surface area contributed by atoms with Crippen molar-refractivity contribution in [3.05, 3.63) is 69.1 Å². The number of thiophene rings is 1. The molecule has 0 bridgehead atoms. The Morgan fingerprint density at radius 2 is 1.81 bits per heavy atom. The van der Waals surface area contributed by atoms with Crippen LogP contribution in [0.15, 0.2) is 41.8 Å². The molecular weight excluding hydrogens is 298 g/mol. The van der Waals surface area contributed by atoms with Crippen molar-refractivity contribution in [2.75, 3.05) is 7.05 Å². The Kier molecular flexibility index (Phi) is 4.03. The first-order valence-corrected chi connectivity index (χ1v) is 8.27. The van der Waals surface area contributed by atoms with Gasteiger partial charge in [0.05, 0.1) is 6.04 Å². The number of benzene rings is 2. The highest BCUT2D eigenvalue weighted by Gasteiger charge is 2.18. The van der Waals surface area contributed by atoms with Gasteiger partial charge >= 0.3 is 0 Å². The Balaban J connectivity index is 2.17. The Labute approximate surface area is 134 Å². The molecule has 0 fully saturated rings. The minimum Gasteiger partial charge on any atom is -0.309 e. The quantitative estimate of drug-likeness (QED) is 0.674. The highest BCUT2D eigenvalue weighted by Crippen LogP contribution is 2.35. The van der Waals surface area contributed by atoms with Gasteiger partial charge in [0, 0.05) is 9.72 Å². The van der Waals surface area contributed by atoms with Crippen molar-refractivity contribution in [3.8, 4) is 0 Å². The van der Waals surface area contributed by atoms with E-state index in [0.29, 0.717) is 0 Å². The van der Waals surface area contributed by atoms with E-state index < -0.39 is 0 Å². The number of halogens is 1. The van der Waals surface area contributed by atoms with Gasteiger partial charge in [-0.3, -0.25) is 0 Å². The van der Waals surface area contributed by atoms with Gasteiger partial charge in [-0.15, -0.1) is 11.3 Å². The summed E-state index contributed by atoms with van der Waals surface area (Å²) in [6.45, 7) is 4.18. The molecule has 0 saturated carbocycles. The molecule has 0 aliphatic carbocycles. The van der Waals surface area contributed by atoms with Gasteiger partial charge in [-0.05, 0) is 66.0 Å². The third-order valence-corrected chi connectivity index (χ3v) is 5.36. The lowest BCUT2D eigenvalue weighted by molar-refractivity contribution is 0.694. The summed E-state index contributed by atoms with van der Waals surface area (Å²) in [7, 11) is 2.01.